The predicted molar refractivity (Wildman–Crippen MR) is 63.1 cm³/mol. The molecule has 1 aromatic rings. The largest absolute Gasteiger partial charge is 0.472 e. The highest BCUT2D eigenvalue weighted by Gasteiger charge is 2.38. The average molecular weight is 220 g/mol. The first-order chi connectivity index (χ1) is 7.86. The van der Waals surface area contributed by atoms with E-state index in [1.54, 1.807) is 6.26 Å². The summed E-state index contributed by atoms with van der Waals surface area (Å²) in [6, 6.07) is 2.08. The third kappa shape index (κ3) is 2.02. The molecule has 1 aromatic heterocycles. The van der Waals surface area contributed by atoms with Crippen LogP contribution in [0.25, 0.3) is 0 Å². The summed E-state index contributed by atoms with van der Waals surface area (Å²) in [6.45, 7) is 6.01. The van der Waals surface area contributed by atoms with E-state index in [9.17, 15) is 0 Å². The molecule has 2 fully saturated rings. The van der Waals surface area contributed by atoms with Crippen molar-refractivity contribution in [3.8, 4) is 0 Å². The van der Waals surface area contributed by atoms with Crippen LogP contribution in [0.3, 0.4) is 0 Å². The second-order valence-corrected chi connectivity index (χ2v) is 5.34. The zero-order chi connectivity index (χ0) is 10.8. The number of rotatable bonds is 2. The van der Waals surface area contributed by atoms with Gasteiger partial charge in [0, 0.05) is 18.7 Å². The molecular weight excluding hydrogens is 200 g/mol. The summed E-state index contributed by atoms with van der Waals surface area (Å²) < 4.78 is 5.13. The first-order valence-corrected chi connectivity index (χ1v) is 6.31. The number of nitrogens with one attached hydrogen (secondary N) is 1. The summed E-state index contributed by atoms with van der Waals surface area (Å²) in [5.41, 5.74) is 1.93. The molecule has 0 bridgehead atoms. The standard InChI is InChI=1S/C13H20N2O/c1-8-16-10-12(1)9-15-7-4-13(11-15)2-5-14-6-3-13/h1,8,10,14H,2-7,9,11H2. The third-order valence-corrected chi connectivity index (χ3v) is 4.17. The quantitative estimate of drug-likeness (QED) is 0.824. The topological polar surface area (TPSA) is 28.4 Å². The van der Waals surface area contributed by atoms with Gasteiger partial charge in [-0.05, 0) is 50.4 Å². The minimum absolute atomic E-state index is 0.620. The van der Waals surface area contributed by atoms with Crippen molar-refractivity contribution >= 4 is 0 Å². The van der Waals surface area contributed by atoms with E-state index in [1.165, 1.54) is 51.0 Å². The Morgan fingerprint density at radius 3 is 2.94 bits per heavy atom. The lowest BCUT2D eigenvalue weighted by Gasteiger charge is -2.33. The van der Waals surface area contributed by atoms with Gasteiger partial charge in [0.2, 0.25) is 0 Å². The van der Waals surface area contributed by atoms with Crippen LogP contribution >= 0.6 is 0 Å². The molecule has 0 saturated carbocycles. The van der Waals surface area contributed by atoms with Crippen LogP contribution in [0.15, 0.2) is 23.0 Å². The lowest BCUT2D eigenvalue weighted by atomic mass is 9.78. The third-order valence-electron chi connectivity index (χ3n) is 4.17. The molecule has 0 aromatic carbocycles. The van der Waals surface area contributed by atoms with Gasteiger partial charge in [0.15, 0.2) is 0 Å². The fourth-order valence-electron chi connectivity index (χ4n) is 3.17. The van der Waals surface area contributed by atoms with Crippen LogP contribution in [-0.4, -0.2) is 31.1 Å². The zero-order valence-electron chi connectivity index (χ0n) is 9.74. The normalized spacial score (nSPS) is 25.2. The van der Waals surface area contributed by atoms with E-state index in [1.807, 2.05) is 6.26 Å². The van der Waals surface area contributed by atoms with Gasteiger partial charge in [0.05, 0.1) is 12.5 Å². The fourth-order valence-corrected chi connectivity index (χ4v) is 3.17. The Morgan fingerprint density at radius 1 is 1.31 bits per heavy atom. The molecule has 0 aliphatic carbocycles. The van der Waals surface area contributed by atoms with Gasteiger partial charge in [-0.2, -0.15) is 0 Å². The van der Waals surface area contributed by atoms with E-state index < -0.39 is 0 Å². The van der Waals surface area contributed by atoms with Crippen molar-refractivity contribution in [1.29, 1.82) is 0 Å². The molecule has 16 heavy (non-hydrogen) atoms. The van der Waals surface area contributed by atoms with Gasteiger partial charge in [-0.3, -0.25) is 4.90 Å². The molecule has 2 aliphatic heterocycles. The summed E-state index contributed by atoms with van der Waals surface area (Å²) in [7, 11) is 0. The zero-order valence-corrected chi connectivity index (χ0v) is 9.74. The van der Waals surface area contributed by atoms with Crippen LogP contribution < -0.4 is 5.32 Å². The summed E-state index contributed by atoms with van der Waals surface area (Å²) in [5.74, 6) is 0. The summed E-state index contributed by atoms with van der Waals surface area (Å²) in [5, 5.41) is 3.46. The van der Waals surface area contributed by atoms with E-state index >= 15 is 0 Å². The van der Waals surface area contributed by atoms with Gasteiger partial charge >= 0.3 is 0 Å². The maximum Gasteiger partial charge on any atom is 0.0947 e. The lowest BCUT2D eigenvalue weighted by Crippen LogP contribution is -2.38. The van der Waals surface area contributed by atoms with E-state index in [4.69, 9.17) is 4.42 Å². The lowest BCUT2D eigenvalue weighted by molar-refractivity contribution is 0.194. The van der Waals surface area contributed by atoms with Crippen molar-refractivity contribution in [1.82, 2.24) is 10.2 Å². The highest BCUT2D eigenvalue weighted by Crippen LogP contribution is 2.38. The van der Waals surface area contributed by atoms with E-state index in [-0.39, 0.29) is 0 Å². The van der Waals surface area contributed by atoms with E-state index in [0.717, 1.165) is 6.54 Å². The first kappa shape index (κ1) is 10.4. The van der Waals surface area contributed by atoms with Crippen LogP contribution in [0.1, 0.15) is 24.8 Å². The Morgan fingerprint density at radius 2 is 2.19 bits per heavy atom. The van der Waals surface area contributed by atoms with Gasteiger partial charge in [0.25, 0.3) is 0 Å². The van der Waals surface area contributed by atoms with Gasteiger partial charge in [-0.15, -0.1) is 0 Å². The minimum Gasteiger partial charge on any atom is -0.472 e. The number of piperidine rings is 1. The molecule has 0 unspecified atom stereocenters. The Labute approximate surface area is 96.8 Å². The predicted octanol–water partition coefficient (Wildman–Crippen LogP) is 1.86. The average Bonchev–Trinajstić information content (AvgIpc) is 2.92. The molecule has 0 amide bonds. The maximum atomic E-state index is 5.13. The molecule has 1 spiro atoms. The van der Waals surface area contributed by atoms with Gasteiger partial charge in [-0.25, -0.2) is 0 Å². The molecular formula is C13H20N2O. The molecule has 2 aliphatic rings. The van der Waals surface area contributed by atoms with Crippen LogP contribution in [0.5, 0.6) is 0 Å². The summed E-state index contributed by atoms with van der Waals surface area (Å²) in [6.07, 6.45) is 7.73. The van der Waals surface area contributed by atoms with E-state index in [0.29, 0.717) is 5.41 Å². The number of hydrogen-bond acceptors (Lipinski definition) is 3. The molecule has 88 valence electrons. The monoisotopic (exact) mass is 220 g/mol. The van der Waals surface area contributed by atoms with Crippen molar-refractivity contribution in [3.05, 3.63) is 24.2 Å². The summed E-state index contributed by atoms with van der Waals surface area (Å²) in [4.78, 5) is 2.58. The second kappa shape index (κ2) is 4.22. The first-order valence-electron chi connectivity index (χ1n) is 6.31. The molecule has 3 rings (SSSR count). The Hall–Kier alpha value is -0.800. The number of hydrogen-bond donors (Lipinski definition) is 1. The van der Waals surface area contributed by atoms with Gasteiger partial charge in [-0.1, -0.05) is 0 Å². The smallest absolute Gasteiger partial charge is 0.0947 e. The number of nitrogens with zero attached hydrogens (tertiary/aromatic N) is 1. The SMILES string of the molecule is c1cc(CN2CCC3(CCNCC3)C2)co1. The Kier molecular flexibility index (Phi) is 2.74. The molecule has 0 atom stereocenters. The minimum atomic E-state index is 0.620. The van der Waals surface area contributed by atoms with Gasteiger partial charge < -0.3 is 9.73 Å². The summed E-state index contributed by atoms with van der Waals surface area (Å²) >= 11 is 0. The highest BCUT2D eigenvalue weighted by molar-refractivity contribution is 5.06. The van der Waals surface area contributed by atoms with Crippen LogP contribution in [0.4, 0.5) is 0 Å². The van der Waals surface area contributed by atoms with Crippen LogP contribution in [-0.2, 0) is 6.54 Å². The van der Waals surface area contributed by atoms with Gasteiger partial charge in [0.1, 0.15) is 0 Å². The van der Waals surface area contributed by atoms with Crippen LogP contribution in [0, 0.1) is 5.41 Å². The van der Waals surface area contributed by atoms with Crippen LogP contribution in [0.2, 0.25) is 0 Å². The van der Waals surface area contributed by atoms with Crippen molar-refractivity contribution in [2.75, 3.05) is 26.2 Å². The van der Waals surface area contributed by atoms with Crippen molar-refractivity contribution < 1.29 is 4.42 Å². The molecule has 2 saturated heterocycles. The highest BCUT2D eigenvalue weighted by atomic mass is 16.3. The molecule has 0 radical (unpaired) electrons. The fraction of sp³-hybridized carbons (Fsp3) is 0.692. The Bertz CT molecular complexity index is 328. The number of likely N-dealkylation sites (tertiary alicyclic amines) is 1. The number of furan rings is 1. The Balaban J connectivity index is 1.60. The molecule has 3 heterocycles. The second-order valence-electron chi connectivity index (χ2n) is 5.34. The molecule has 1 N–H and O–H groups in total. The van der Waals surface area contributed by atoms with E-state index in [2.05, 4.69) is 16.3 Å². The molecule has 3 nitrogen and oxygen atoms in total. The van der Waals surface area contributed by atoms with Crippen molar-refractivity contribution in [3.63, 3.8) is 0 Å². The van der Waals surface area contributed by atoms with Crippen molar-refractivity contribution in [2.24, 2.45) is 5.41 Å². The van der Waals surface area contributed by atoms with Crippen molar-refractivity contribution in [2.45, 2.75) is 25.8 Å². The maximum absolute atomic E-state index is 5.13. The molecule has 3 heteroatoms.